The van der Waals surface area contributed by atoms with Crippen molar-refractivity contribution < 1.29 is 0 Å². The van der Waals surface area contributed by atoms with Crippen molar-refractivity contribution in [2.75, 3.05) is 7.05 Å². The summed E-state index contributed by atoms with van der Waals surface area (Å²) in [7, 11) is 1.91. The van der Waals surface area contributed by atoms with Gasteiger partial charge in [0.2, 0.25) is 0 Å². The largest absolute Gasteiger partial charge is 0.311 e. The molecule has 1 rings (SSSR count). The Morgan fingerprint density at radius 2 is 2.58 bits per heavy atom. The molecule has 2 nitrogen and oxygen atoms in total. The van der Waals surface area contributed by atoms with Gasteiger partial charge in [-0.2, -0.15) is 0 Å². The molecule has 0 saturated carbocycles. The standard InChI is InChI=1S/C9H12N2S/c1-4-5-8(10-3)9-6-11-7(2)12-9/h1,6,8,10H,5H2,2-3H3. The fourth-order valence-electron chi connectivity index (χ4n) is 1.00. The van der Waals surface area contributed by atoms with Crippen LogP contribution < -0.4 is 5.32 Å². The van der Waals surface area contributed by atoms with E-state index in [1.807, 2.05) is 20.2 Å². The third-order valence-corrected chi connectivity index (χ3v) is 2.68. The van der Waals surface area contributed by atoms with Crippen LogP contribution in [0, 0.1) is 19.3 Å². The van der Waals surface area contributed by atoms with E-state index in [1.165, 1.54) is 4.88 Å². The smallest absolute Gasteiger partial charge is 0.0897 e. The van der Waals surface area contributed by atoms with E-state index < -0.39 is 0 Å². The summed E-state index contributed by atoms with van der Waals surface area (Å²) in [6, 6.07) is 0.265. The number of nitrogens with zero attached hydrogens (tertiary/aromatic N) is 1. The van der Waals surface area contributed by atoms with Crippen molar-refractivity contribution in [3.8, 4) is 12.3 Å². The molecule has 0 amide bonds. The Hall–Kier alpha value is -0.850. The van der Waals surface area contributed by atoms with Crippen LogP contribution in [0.1, 0.15) is 22.3 Å². The molecule has 0 spiro atoms. The lowest BCUT2D eigenvalue weighted by Crippen LogP contribution is -2.14. The van der Waals surface area contributed by atoms with E-state index >= 15 is 0 Å². The molecule has 0 radical (unpaired) electrons. The second-order valence-corrected chi connectivity index (χ2v) is 3.80. The summed E-state index contributed by atoms with van der Waals surface area (Å²) in [6.45, 7) is 2.00. The van der Waals surface area contributed by atoms with Crippen LogP contribution in [0.15, 0.2) is 6.20 Å². The molecular weight excluding hydrogens is 168 g/mol. The first-order valence-electron chi connectivity index (χ1n) is 3.81. The van der Waals surface area contributed by atoms with Gasteiger partial charge in [0.1, 0.15) is 0 Å². The number of hydrogen-bond acceptors (Lipinski definition) is 3. The van der Waals surface area contributed by atoms with Gasteiger partial charge in [-0.3, -0.25) is 0 Å². The molecule has 1 N–H and O–H groups in total. The summed E-state index contributed by atoms with van der Waals surface area (Å²) in [6.07, 6.45) is 7.85. The predicted octanol–water partition coefficient (Wildman–Crippen LogP) is 1.74. The molecular formula is C9H12N2S. The van der Waals surface area contributed by atoms with Crippen molar-refractivity contribution >= 4 is 11.3 Å². The Kier molecular flexibility index (Phi) is 3.27. The number of aryl methyl sites for hydroxylation is 1. The van der Waals surface area contributed by atoms with Crippen molar-refractivity contribution in [1.82, 2.24) is 10.3 Å². The average molecular weight is 180 g/mol. The molecule has 12 heavy (non-hydrogen) atoms. The van der Waals surface area contributed by atoms with Crippen LogP contribution >= 0.6 is 11.3 Å². The highest BCUT2D eigenvalue weighted by molar-refractivity contribution is 7.11. The highest BCUT2D eigenvalue weighted by Gasteiger charge is 2.09. The maximum atomic E-state index is 5.24. The fourth-order valence-corrected chi connectivity index (χ4v) is 1.90. The van der Waals surface area contributed by atoms with Crippen molar-refractivity contribution in [3.63, 3.8) is 0 Å². The van der Waals surface area contributed by atoms with Gasteiger partial charge in [0.05, 0.1) is 11.0 Å². The summed E-state index contributed by atoms with van der Waals surface area (Å²) in [5, 5.41) is 4.25. The molecule has 0 aromatic carbocycles. The third kappa shape index (κ3) is 2.07. The van der Waals surface area contributed by atoms with Crippen LogP contribution in [0.25, 0.3) is 0 Å². The normalized spacial score (nSPS) is 12.4. The van der Waals surface area contributed by atoms with Gasteiger partial charge in [-0.1, -0.05) is 0 Å². The van der Waals surface area contributed by atoms with Gasteiger partial charge in [0, 0.05) is 17.5 Å². The molecule has 1 unspecified atom stereocenters. The lowest BCUT2D eigenvalue weighted by Gasteiger charge is -2.08. The van der Waals surface area contributed by atoms with Gasteiger partial charge in [-0.05, 0) is 14.0 Å². The second-order valence-electron chi connectivity index (χ2n) is 2.53. The van der Waals surface area contributed by atoms with Crippen LogP contribution in [-0.2, 0) is 0 Å². The van der Waals surface area contributed by atoms with Crippen LogP contribution in [-0.4, -0.2) is 12.0 Å². The van der Waals surface area contributed by atoms with E-state index in [2.05, 4.69) is 16.2 Å². The molecule has 0 aliphatic rings. The van der Waals surface area contributed by atoms with E-state index in [9.17, 15) is 0 Å². The van der Waals surface area contributed by atoms with Crippen LogP contribution in [0.3, 0.4) is 0 Å². The van der Waals surface area contributed by atoms with Crippen LogP contribution in [0.2, 0.25) is 0 Å². The molecule has 1 aromatic rings. The number of hydrogen-bond donors (Lipinski definition) is 1. The summed E-state index contributed by atoms with van der Waals surface area (Å²) in [4.78, 5) is 5.39. The molecule has 0 saturated heterocycles. The zero-order chi connectivity index (χ0) is 8.97. The SMILES string of the molecule is C#CCC(NC)c1cnc(C)s1. The molecule has 1 aromatic heterocycles. The molecule has 1 atom stereocenters. The summed E-state index contributed by atoms with van der Waals surface area (Å²) in [5.41, 5.74) is 0. The minimum absolute atomic E-state index is 0.265. The summed E-state index contributed by atoms with van der Waals surface area (Å²) < 4.78 is 0. The van der Waals surface area contributed by atoms with Crippen molar-refractivity contribution in [1.29, 1.82) is 0 Å². The zero-order valence-electron chi connectivity index (χ0n) is 7.29. The van der Waals surface area contributed by atoms with E-state index in [4.69, 9.17) is 6.42 Å². The monoisotopic (exact) mass is 180 g/mol. The zero-order valence-corrected chi connectivity index (χ0v) is 8.11. The van der Waals surface area contributed by atoms with Gasteiger partial charge >= 0.3 is 0 Å². The Labute approximate surface area is 77.0 Å². The van der Waals surface area contributed by atoms with E-state index in [0.29, 0.717) is 0 Å². The highest BCUT2D eigenvalue weighted by atomic mass is 32.1. The number of terminal acetylenes is 1. The lowest BCUT2D eigenvalue weighted by molar-refractivity contribution is 0.621. The summed E-state index contributed by atoms with van der Waals surface area (Å²) >= 11 is 1.69. The number of rotatable bonds is 3. The Bertz CT molecular complexity index is 285. The Morgan fingerprint density at radius 3 is 3.00 bits per heavy atom. The maximum absolute atomic E-state index is 5.24. The van der Waals surface area contributed by atoms with Gasteiger partial charge < -0.3 is 5.32 Å². The number of nitrogens with one attached hydrogen (secondary N) is 1. The van der Waals surface area contributed by atoms with Gasteiger partial charge in [-0.15, -0.1) is 23.7 Å². The summed E-state index contributed by atoms with van der Waals surface area (Å²) in [5.74, 6) is 2.64. The van der Waals surface area contributed by atoms with Gasteiger partial charge in [-0.25, -0.2) is 4.98 Å². The fraction of sp³-hybridized carbons (Fsp3) is 0.444. The van der Waals surface area contributed by atoms with Crippen molar-refractivity contribution in [2.24, 2.45) is 0 Å². The van der Waals surface area contributed by atoms with E-state index in [0.717, 1.165) is 11.4 Å². The minimum atomic E-state index is 0.265. The molecule has 64 valence electrons. The first kappa shape index (κ1) is 9.24. The predicted molar refractivity (Wildman–Crippen MR) is 52.1 cm³/mol. The molecule has 3 heteroatoms. The van der Waals surface area contributed by atoms with E-state index in [1.54, 1.807) is 11.3 Å². The molecule has 0 aliphatic heterocycles. The number of thiazole rings is 1. The van der Waals surface area contributed by atoms with E-state index in [-0.39, 0.29) is 6.04 Å². The topological polar surface area (TPSA) is 24.9 Å². The highest BCUT2D eigenvalue weighted by Crippen LogP contribution is 2.21. The minimum Gasteiger partial charge on any atom is -0.311 e. The third-order valence-electron chi connectivity index (χ3n) is 1.65. The van der Waals surface area contributed by atoms with Gasteiger partial charge in [0.25, 0.3) is 0 Å². The Morgan fingerprint density at radius 1 is 1.83 bits per heavy atom. The molecule has 1 heterocycles. The molecule has 0 bridgehead atoms. The quantitative estimate of drug-likeness (QED) is 0.717. The van der Waals surface area contributed by atoms with Crippen molar-refractivity contribution in [2.45, 2.75) is 19.4 Å². The van der Waals surface area contributed by atoms with Gasteiger partial charge in [0.15, 0.2) is 0 Å². The first-order valence-corrected chi connectivity index (χ1v) is 4.62. The average Bonchev–Trinajstić information content (AvgIpc) is 2.47. The molecule has 0 fully saturated rings. The second kappa shape index (κ2) is 4.24. The lowest BCUT2D eigenvalue weighted by atomic mass is 10.2. The maximum Gasteiger partial charge on any atom is 0.0897 e. The first-order chi connectivity index (χ1) is 5.77. The number of aromatic nitrogens is 1. The molecule has 0 aliphatic carbocycles. The van der Waals surface area contributed by atoms with Crippen LogP contribution in [0.5, 0.6) is 0 Å². The van der Waals surface area contributed by atoms with Crippen molar-refractivity contribution in [3.05, 3.63) is 16.1 Å². The van der Waals surface area contributed by atoms with Crippen LogP contribution in [0.4, 0.5) is 0 Å². The Balaban J connectivity index is 2.74.